The van der Waals surface area contributed by atoms with Crippen LogP contribution in [0, 0.1) is 0 Å². The van der Waals surface area contributed by atoms with E-state index in [2.05, 4.69) is 10.1 Å². The Labute approximate surface area is 75.5 Å². The van der Waals surface area contributed by atoms with Crippen molar-refractivity contribution in [1.29, 1.82) is 0 Å². The molecule has 0 aliphatic heterocycles. The van der Waals surface area contributed by atoms with Crippen molar-refractivity contribution in [3.05, 3.63) is 29.8 Å². The smallest absolute Gasteiger partial charge is 0.387 e. The topological polar surface area (TPSA) is 21.3 Å². The average molecular weight is 187 g/mol. The van der Waals surface area contributed by atoms with Gasteiger partial charge in [-0.15, -0.1) is 0 Å². The third kappa shape index (κ3) is 3.38. The van der Waals surface area contributed by atoms with Crippen LogP contribution in [-0.4, -0.2) is 13.7 Å². The molecule has 0 bridgehead atoms. The molecule has 0 fully saturated rings. The molecule has 0 unspecified atom stereocenters. The fourth-order valence-corrected chi connectivity index (χ4v) is 0.993. The highest BCUT2D eigenvalue weighted by molar-refractivity contribution is 5.27. The van der Waals surface area contributed by atoms with Gasteiger partial charge in [0.2, 0.25) is 0 Å². The molecule has 2 nitrogen and oxygen atoms in total. The first kappa shape index (κ1) is 9.92. The molecule has 13 heavy (non-hydrogen) atoms. The minimum absolute atomic E-state index is 0.190. The Hall–Kier alpha value is -1.16. The van der Waals surface area contributed by atoms with Crippen molar-refractivity contribution in [2.75, 3.05) is 7.05 Å². The molecule has 0 spiro atoms. The maximum atomic E-state index is 11.7. The van der Waals surface area contributed by atoms with Crippen LogP contribution in [0.2, 0.25) is 0 Å². The first-order valence-electron chi connectivity index (χ1n) is 3.90. The van der Waals surface area contributed by atoms with E-state index in [-0.39, 0.29) is 5.75 Å². The molecule has 0 aliphatic carbocycles. The van der Waals surface area contributed by atoms with E-state index in [4.69, 9.17) is 0 Å². The molecule has 1 rings (SSSR count). The zero-order valence-electron chi connectivity index (χ0n) is 7.26. The summed E-state index contributed by atoms with van der Waals surface area (Å²) in [5, 5.41) is 2.96. The second-order valence-electron chi connectivity index (χ2n) is 2.55. The van der Waals surface area contributed by atoms with E-state index in [1.165, 1.54) is 12.1 Å². The van der Waals surface area contributed by atoms with Gasteiger partial charge in [0.25, 0.3) is 0 Å². The van der Waals surface area contributed by atoms with Crippen LogP contribution in [-0.2, 0) is 6.54 Å². The van der Waals surface area contributed by atoms with Gasteiger partial charge in [0, 0.05) is 6.54 Å². The molecule has 0 heterocycles. The molecule has 0 saturated carbocycles. The monoisotopic (exact) mass is 187 g/mol. The third-order valence-corrected chi connectivity index (χ3v) is 1.53. The van der Waals surface area contributed by atoms with Gasteiger partial charge in [0.15, 0.2) is 0 Å². The number of hydrogen-bond donors (Lipinski definition) is 1. The maximum Gasteiger partial charge on any atom is 0.387 e. The van der Waals surface area contributed by atoms with Gasteiger partial charge in [0.05, 0.1) is 0 Å². The molecule has 0 amide bonds. The van der Waals surface area contributed by atoms with Crippen LogP contribution in [0.1, 0.15) is 5.56 Å². The average Bonchev–Trinajstić information content (AvgIpc) is 2.08. The number of benzene rings is 1. The third-order valence-electron chi connectivity index (χ3n) is 1.53. The molecular formula is C9H11F2NO. The van der Waals surface area contributed by atoms with Crippen LogP contribution >= 0.6 is 0 Å². The molecule has 0 radical (unpaired) electrons. The molecule has 1 N–H and O–H groups in total. The molecule has 0 atom stereocenters. The fourth-order valence-electron chi connectivity index (χ4n) is 0.993. The second-order valence-corrected chi connectivity index (χ2v) is 2.55. The standard InChI is InChI=1S/C9H11F2NO/c1-12-6-7-2-4-8(5-3-7)13-9(10)11/h2-5,9,12H,6H2,1H3. The highest BCUT2D eigenvalue weighted by Gasteiger charge is 2.02. The largest absolute Gasteiger partial charge is 0.435 e. The lowest BCUT2D eigenvalue weighted by molar-refractivity contribution is -0.0498. The number of hydrogen-bond acceptors (Lipinski definition) is 2. The predicted octanol–water partition coefficient (Wildman–Crippen LogP) is 2.01. The highest BCUT2D eigenvalue weighted by Crippen LogP contribution is 2.14. The van der Waals surface area contributed by atoms with Crippen LogP contribution in [0.4, 0.5) is 8.78 Å². The maximum absolute atomic E-state index is 11.7. The molecular weight excluding hydrogens is 176 g/mol. The molecule has 0 saturated heterocycles. The van der Waals surface area contributed by atoms with Gasteiger partial charge in [-0.3, -0.25) is 0 Å². The van der Waals surface area contributed by atoms with E-state index in [1.807, 2.05) is 7.05 Å². The number of rotatable bonds is 4. The van der Waals surface area contributed by atoms with Crippen LogP contribution in [0.15, 0.2) is 24.3 Å². The summed E-state index contributed by atoms with van der Waals surface area (Å²) >= 11 is 0. The Balaban J connectivity index is 2.59. The Kier molecular flexibility index (Phi) is 3.64. The summed E-state index contributed by atoms with van der Waals surface area (Å²) in [4.78, 5) is 0. The summed E-state index contributed by atoms with van der Waals surface area (Å²) in [6.45, 7) is -2.04. The number of ether oxygens (including phenoxy) is 1. The fraction of sp³-hybridized carbons (Fsp3) is 0.333. The first-order valence-corrected chi connectivity index (χ1v) is 3.90. The van der Waals surface area contributed by atoms with Gasteiger partial charge in [-0.25, -0.2) is 0 Å². The zero-order chi connectivity index (χ0) is 9.68. The quantitative estimate of drug-likeness (QED) is 0.778. The summed E-state index contributed by atoms with van der Waals surface area (Å²) in [5.41, 5.74) is 1.03. The normalized spacial score (nSPS) is 10.5. The molecule has 1 aromatic rings. The minimum atomic E-state index is -2.75. The van der Waals surface area contributed by atoms with E-state index < -0.39 is 6.61 Å². The van der Waals surface area contributed by atoms with Crippen molar-refractivity contribution < 1.29 is 13.5 Å². The van der Waals surface area contributed by atoms with E-state index in [0.717, 1.165) is 12.1 Å². The van der Waals surface area contributed by atoms with E-state index in [0.29, 0.717) is 0 Å². The summed E-state index contributed by atoms with van der Waals surface area (Å²) in [6, 6.07) is 6.54. The lowest BCUT2D eigenvalue weighted by Gasteiger charge is -2.05. The molecule has 0 aromatic heterocycles. The molecule has 72 valence electrons. The lowest BCUT2D eigenvalue weighted by atomic mass is 10.2. The van der Waals surface area contributed by atoms with Crippen molar-refractivity contribution in [2.45, 2.75) is 13.2 Å². The number of nitrogens with one attached hydrogen (secondary N) is 1. The van der Waals surface area contributed by atoms with Gasteiger partial charge in [-0.1, -0.05) is 12.1 Å². The Morgan fingerprint density at radius 1 is 1.31 bits per heavy atom. The summed E-state index contributed by atoms with van der Waals surface area (Å²) in [7, 11) is 1.82. The summed E-state index contributed by atoms with van der Waals surface area (Å²) in [5.74, 6) is 0.190. The van der Waals surface area contributed by atoms with Crippen LogP contribution in [0.5, 0.6) is 5.75 Å². The number of alkyl halides is 2. The van der Waals surface area contributed by atoms with Gasteiger partial charge in [-0.2, -0.15) is 8.78 Å². The first-order chi connectivity index (χ1) is 6.22. The SMILES string of the molecule is CNCc1ccc(OC(F)F)cc1. The highest BCUT2D eigenvalue weighted by atomic mass is 19.3. The molecule has 1 aromatic carbocycles. The summed E-state index contributed by atoms with van der Waals surface area (Å²) < 4.78 is 27.7. The van der Waals surface area contributed by atoms with Crippen LogP contribution < -0.4 is 10.1 Å². The van der Waals surface area contributed by atoms with Crippen molar-refractivity contribution in [3.63, 3.8) is 0 Å². The molecule has 0 aliphatic rings. The summed E-state index contributed by atoms with van der Waals surface area (Å²) in [6.07, 6.45) is 0. The second kappa shape index (κ2) is 4.77. The van der Waals surface area contributed by atoms with Crippen molar-refractivity contribution >= 4 is 0 Å². The van der Waals surface area contributed by atoms with E-state index in [1.54, 1.807) is 12.1 Å². The zero-order valence-corrected chi connectivity index (χ0v) is 7.26. The van der Waals surface area contributed by atoms with Crippen LogP contribution in [0.3, 0.4) is 0 Å². The minimum Gasteiger partial charge on any atom is -0.435 e. The van der Waals surface area contributed by atoms with Crippen molar-refractivity contribution in [2.24, 2.45) is 0 Å². The van der Waals surface area contributed by atoms with Crippen LogP contribution in [0.25, 0.3) is 0 Å². The Morgan fingerprint density at radius 2 is 1.92 bits per heavy atom. The Bertz CT molecular complexity index is 248. The Morgan fingerprint density at radius 3 is 2.38 bits per heavy atom. The van der Waals surface area contributed by atoms with E-state index >= 15 is 0 Å². The van der Waals surface area contributed by atoms with Gasteiger partial charge < -0.3 is 10.1 Å². The van der Waals surface area contributed by atoms with Crippen molar-refractivity contribution in [1.82, 2.24) is 5.32 Å². The van der Waals surface area contributed by atoms with Gasteiger partial charge in [0.1, 0.15) is 5.75 Å². The van der Waals surface area contributed by atoms with Crippen molar-refractivity contribution in [3.8, 4) is 5.75 Å². The predicted molar refractivity (Wildman–Crippen MR) is 45.8 cm³/mol. The van der Waals surface area contributed by atoms with E-state index in [9.17, 15) is 8.78 Å². The number of halogens is 2. The van der Waals surface area contributed by atoms with Gasteiger partial charge >= 0.3 is 6.61 Å². The lowest BCUT2D eigenvalue weighted by Crippen LogP contribution is -2.05. The molecule has 4 heteroatoms. The van der Waals surface area contributed by atoms with Gasteiger partial charge in [-0.05, 0) is 24.7 Å².